The fraction of sp³-hybridized carbons (Fsp3) is 0.312. The molecule has 1 unspecified atom stereocenters. The Morgan fingerprint density at radius 2 is 1.66 bits per heavy atom. The largest absolute Gasteiger partial charge is 0.507 e. The molecule has 4 rings (SSSR count). The monoisotopic (exact) mass is 531 g/mol. The third kappa shape index (κ3) is 4.95. The minimum absolute atomic E-state index is 0.0488. The van der Waals surface area contributed by atoms with Gasteiger partial charge in [-0.15, -0.1) is 0 Å². The van der Waals surface area contributed by atoms with Gasteiger partial charge in [0.25, 0.3) is 11.7 Å². The SMILES string of the molecule is COc1ccc(/C(O)=C2/C(=O)C(=O)N(c3ccc(Cl)cc3C)C2c2ccc(C(C)(C)C)cc2)cc1C(C)C. The number of ether oxygens (including phenoxy) is 1. The number of rotatable bonds is 5. The minimum Gasteiger partial charge on any atom is -0.507 e. The number of carbonyl (C=O) groups is 2. The van der Waals surface area contributed by atoms with E-state index >= 15 is 0 Å². The van der Waals surface area contributed by atoms with Crippen LogP contribution in [0.4, 0.5) is 5.69 Å². The molecule has 38 heavy (non-hydrogen) atoms. The molecule has 5 nitrogen and oxygen atoms in total. The van der Waals surface area contributed by atoms with Gasteiger partial charge in [-0.05, 0) is 76.9 Å². The maximum atomic E-state index is 13.6. The highest BCUT2D eigenvalue weighted by Gasteiger charge is 2.47. The average molecular weight is 532 g/mol. The summed E-state index contributed by atoms with van der Waals surface area (Å²) in [6.45, 7) is 12.3. The number of benzene rings is 3. The number of hydrogen-bond acceptors (Lipinski definition) is 4. The second kappa shape index (κ2) is 10.3. The van der Waals surface area contributed by atoms with Crippen molar-refractivity contribution in [3.8, 4) is 5.75 Å². The molecule has 1 fully saturated rings. The van der Waals surface area contributed by atoms with E-state index in [2.05, 4.69) is 20.8 Å². The number of anilines is 1. The summed E-state index contributed by atoms with van der Waals surface area (Å²) in [5, 5.41) is 12.1. The molecule has 0 saturated carbocycles. The molecule has 1 atom stereocenters. The zero-order valence-corrected chi connectivity index (χ0v) is 23.7. The van der Waals surface area contributed by atoms with Gasteiger partial charge in [-0.25, -0.2) is 0 Å². The van der Waals surface area contributed by atoms with E-state index in [9.17, 15) is 14.7 Å². The van der Waals surface area contributed by atoms with E-state index in [1.54, 1.807) is 37.4 Å². The fourth-order valence-corrected chi connectivity index (χ4v) is 5.17. The summed E-state index contributed by atoms with van der Waals surface area (Å²) in [5.41, 5.74) is 4.50. The highest BCUT2D eigenvalue weighted by Crippen LogP contribution is 2.44. The summed E-state index contributed by atoms with van der Waals surface area (Å²) < 4.78 is 5.49. The molecule has 0 aromatic heterocycles. The molecule has 0 aliphatic carbocycles. The van der Waals surface area contributed by atoms with Crippen LogP contribution in [0, 0.1) is 6.92 Å². The van der Waals surface area contributed by atoms with E-state index in [-0.39, 0.29) is 22.7 Å². The van der Waals surface area contributed by atoms with E-state index < -0.39 is 17.7 Å². The molecule has 0 spiro atoms. The third-order valence-corrected chi connectivity index (χ3v) is 7.32. The molecule has 1 heterocycles. The maximum absolute atomic E-state index is 13.6. The Balaban J connectivity index is 1.96. The lowest BCUT2D eigenvalue weighted by molar-refractivity contribution is -0.132. The van der Waals surface area contributed by atoms with E-state index in [0.717, 1.165) is 22.3 Å². The molecular weight excluding hydrogens is 498 g/mol. The van der Waals surface area contributed by atoms with Gasteiger partial charge >= 0.3 is 0 Å². The molecule has 1 aliphatic rings. The van der Waals surface area contributed by atoms with Crippen molar-refractivity contribution in [2.75, 3.05) is 12.0 Å². The van der Waals surface area contributed by atoms with Crippen molar-refractivity contribution >= 4 is 34.7 Å². The van der Waals surface area contributed by atoms with Crippen molar-refractivity contribution in [3.63, 3.8) is 0 Å². The van der Waals surface area contributed by atoms with Gasteiger partial charge in [0.1, 0.15) is 11.5 Å². The molecule has 198 valence electrons. The summed E-state index contributed by atoms with van der Waals surface area (Å²) in [5.74, 6) is -0.823. The summed E-state index contributed by atoms with van der Waals surface area (Å²) in [7, 11) is 1.60. The number of methoxy groups -OCH3 is 1. The smallest absolute Gasteiger partial charge is 0.300 e. The summed E-state index contributed by atoms with van der Waals surface area (Å²) in [4.78, 5) is 28.6. The van der Waals surface area contributed by atoms with Gasteiger partial charge in [0, 0.05) is 16.3 Å². The van der Waals surface area contributed by atoms with Crippen LogP contribution in [-0.4, -0.2) is 23.9 Å². The Morgan fingerprint density at radius 1 is 1.00 bits per heavy atom. The van der Waals surface area contributed by atoms with Crippen LogP contribution in [0.15, 0.2) is 66.2 Å². The first-order valence-corrected chi connectivity index (χ1v) is 13.1. The first-order chi connectivity index (χ1) is 17.8. The Bertz CT molecular complexity index is 1430. The maximum Gasteiger partial charge on any atom is 0.300 e. The van der Waals surface area contributed by atoms with Gasteiger partial charge < -0.3 is 9.84 Å². The lowest BCUT2D eigenvalue weighted by atomic mass is 9.85. The van der Waals surface area contributed by atoms with Gasteiger partial charge in [0.2, 0.25) is 0 Å². The highest BCUT2D eigenvalue weighted by molar-refractivity contribution is 6.51. The van der Waals surface area contributed by atoms with Crippen LogP contribution in [0.1, 0.15) is 74.4 Å². The Kier molecular flexibility index (Phi) is 7.44. The minimum atomic E-state index is -0.812. The van der Waals surface area contributed by atoms with Gasteiger partial charge in [0.15, 0.2) is 0 Å². The first kappa shape index (κ1) is 27.5. The predicted molar refractivity (Wildman–Crippen MR) is 153 cm³/mol. The van der Waals surface area contributed by atoms with Crippen molar-refractivity contribution < 1.29 is 19.4 Å². The quantitative estimate of drug-likeness (QED) is 0.208. The number of hydrogen-bond donors (Lipinski definition) is 1. The summed E-state index contributed by atoms with van der Waals surface area (Å²) >= 11 is 6.20. The second-order valence-electron chi connectivity index (χ2n) is 11.1. The Hall–Kier alpha value is -3.57. The number of aliphatic hydroxyl groups excluding tert-OH is 1. The highest BCUT2D eigenvalue weighted by atomic mass is 35.5. The van der Waals surface area contributed by atoms with Crippen LogP contribution in [0.25, 0.3) is 5.76 Å². The third-order valence-electron chi connectivity index (χ3n) is 7.08. The molecule has 6 heteroatoms. The molecule has 1 N–H and O–H groups in total. The lowest BCUT2D eigenvalue weighted by Crippen LogP contribution is -2.30. The number of aryl methyl sites for hydroxylation is 1. The van der Waals surface area contributed by atoms with Gasteiger partial charge in [-0.3, -0.25) is 14.5 Å². The van der Waals surface area contributed by atoms with Crippen molar-refractivity contribution in [1.29, 1.82) is 0 Å². The topological polar surface area (TPSA) is 66.8 Å². The van der Waals surface area contributed by atoms with Crippen molar-refractivity contribution in [2.24, 2.45) is 0 Å². The number of nitrogens with zero attached hydrogens (tertiary/aromatic N) is 1. The fourth-order valence-electron chi connectivity index (χ4n) is 4.94. The van der Waals surface area contributed by atoms with Gasteiger partial charge in [0.05, 0.1) is 18.7 Å². The summed E-state index contributed by atoms with van der Waals surface area (Å²) in [6, 6.07) is 17.6. The van der Waals surface area contributed by atoms with Crippen LogP contribution in [-0.2, 0) is 15.0 Å². The molecule has 3 aromatic carbocycles. The van der Waals surface area contributed by atoms with Crippen molar-refractivity contribution in [3.05, 3.63) is 99.1 Å². The average Bonchev–Trinajstić information content (AvgIpc) is 3.13. The van der Waals surface area contributed by atoms with Crippen LogP contribution < -0.4 is 9.64 Å². The zero-order valence-electron chi connectivity index (χ0n) is 22.9. The van der Waals surface area contributed by atoms with Crippen molar-refractivity contribution in [1.82, 2.24) is 0 Å². The van der Waals surface area contributed by atoms with Crippen LogP contribution in [0.5, 0.6) is 5.75 Å². The molecule has 1 saturated heterocycles. The standard InChI is InChI=1S/C32H34ClNO4/c1-18(2)24-17-21(10-15-26(24)38-7)29(35)27-28(20-8-11-22(12-9-20)32(4,5)6)34(31(37)30(27)36)25-14-13-23(33)16-19(25)3/h8-18,28,35H,1-7H3/b29-27-. The van der Waals surface area contributed by atoms with Crippen LogP contribution in [0.3, 0.4) is 0 Å². The number of ketones is 1. The number of halogens is 1. The van der Waals surface area contributed by atoms with E-state index in [1.165, 1.54) is 4.90 Å². The zero-order chi connectivity index (χ0) is 27.9. The Labute approximate surface area is 229 Å². The van der Waals surface area contributed by atoms with Crippen LogP contribution in [0.2, 0.25) is 5.02 Å². The lowest BCUT2D eigenvalue weighted by Gasteiger charge is -2.28. The molecule has 3 aromatic rings. The van der Waals surface area contributed by atoms with E-state index in [0.29, 0.717) is 22.0 Å². The normalized spacial score (nSPS) is 17.4. The predicted octanol–water partition coefficient (Wildman–Crippen LogP) is 7.70. The molecular formula is C32H34ClNO4. The summed E-state index contributed by atoms with van der Waals surface area (Å²) in [6.07, 6.45) is 0. The molecule has 0 radical (unpaired) electrons. The number of Topliss-reactive ketones (excluding diaryl/α,β-unsaturated/α-hetero) is 1. The molecule has 1 aliphatic heterocycles. The van der Waals surface area contributed by atoms with Crippen LogP contribution >= 0.6 is 11.6 Å². The van der Waals surface area contributed by atoms with E-state index in [4.69, 9.17) is 16.3 Å². The second-order valence-corrected chi connectivity index (χ2v) is 11.5. The Morgan fingerprint density at radius 3 is 2.21 bits per heavy atom. The van der Waals surface area contributed by atoms with E-state index in [1.807, 2.05) is 51.1 Å². The van der Waals surface area contributed by atoms with Crippen molar-refractivity contribution in [2.45, 2.75) is 58.9 Å². The number of carbonyl (C=O) groups excluding carboxylic acids is 2. The molecule has 1 amide bonds. The van der Waals surface area contributed by atoms with Gasteiger partial charge in [-0.2, -0.15) is 0 Å². The number of aliphatic hydroxyl groups is 1. The molecule has 0 bridgehead atoms. The van der Waals surface area contributed by atoms with Gasteiger partial charge in [-0.1, -0.05) is 70.5 Å². The first-order valence-electron chi connectivity index (χ1n) is 12.7. The number of amides is 1.